The van der Waals surface area contributed by atoms with E-state index in [1.165, 1.54) is 6.07 Å². The molecule has 0 amide bonds. The van der Waals surface area contributed by atoms with Crippen LogP contribution in [-0.4, -0.2) is 11.1 Å². The monoisotopic (exact) mass is 442 g/mol. The van der Waals surface area contributed by atoms with Gasteiger partial charge in [-0.1, -0.05) is 103 Å². The predicted octanol–water partition coefficient (Wildman–Crippen LogP) is 7.61. The van der Waals surface area contributed by atoms with Crippen molar-refractivity contribution in [1.82, 2.24) is 0 Å². The third-order valence-corrected chi connectivity index (χ3v) is 5.68. The molecule has 5 rings (SSSR count). The van der Waals surface area contributed by atoms with Crippen LogP contribution < -0.4 is 4.74 Å². The Morgan fingerprint density at radius 3 is 1.47 bits per heavy atom. The van der Waals surface area contributed by atoms with Crippen LogP contribution in [0, 0.1) is 0 Å². The van der Waals surface area contributed by atoms with E-state index in [2.05, 4.69) is 12.1 Å². The topological polar surface area (TPSA) is 46.5 Å². The Hall–Kier alpha value is -4.63. The summed E-state index contributed by atoms with van der Waals surface area (Å²) in [6, 6.07) is 40.4. The maximum Gasteiger partial charge on any atom is 0.347 e. The van der Waals surface area contributed by atoms with Crippen LogP contribution in [0.5, 0.6) is 11.5 Å². The molecule has 5 aromatic carbocycles. The Bertz CT molecular complexity index is 1370. The van der Waals surface area contributed by atoms with Crippen molar-refractivity contribution in [2.75, 3.05) is 0 Å². The first-order chi connectivity index (χ1) is 16.7. The van der Waals surface area contributed by atoms with Gasteiger partial charge in [-0.15, -0.1) is 0 Å². The Balaban J connectivity index is 1.75. The van der Waals surface area contributed by atoms with Crippen molar-refractivity contribution in [2.24, 2.45) is 0 Å². The zero-order chi connectivity index (χ0) is 23.3. The van der Waals surface area contributed by atoms with E-state index in [4.69, 9.17) is 4.74 Å². The molecule has 0 spiro atoms. The molecule has 0 bridgehead atoms. The Morgan fingerprint density at radius 2 is 0.971 bits per heavy atom. The van der Waals surface area contributed by atoms with E-state index >= 15 is 0 Å². The average molecular weight is 443 g/mol. The molecule has 0 aliphatic heterocycles. The molecule has 0 aliphatic rings. The number of benzene rings is 5. The lowest BCUT2D eigenvalue weighted by Gasteiger charge is -2.18. The largest absolute Gasteiger partial charge is 0.507 e. The summed E-state index contributed by atoms with van der Waals surface area (Å²) in [5.74, 6) is -0.277. The summed E-state index contributed by atoms with van der Waals surface area (Å²) in [6.07, 6.45) is 0. The van der Waals surface area contributed by atoms with Crippen LogP contribution in [0.25, 0.3) is 33.4 Å². The van der Waals surface area contributed by atoms with Crippen LogP contribution in [0.15, 0.2) is 127 Å². The van der Waals surface area contributed by atoms with Crippen molar-refractivity contribution >= 4 is 5.97 Å². The Morgan fingerprint density at radius 1 is 0.529 bits per heavy atom. The zero-order valence-corrected chi connectivity index (χ0v) is 18.4. The van der Waals surface area contributed by atoms with Crippen LogP contribution in [0.1, 0.15) is 10.4 Å². The molecule has 5 aromatic rings. The second-order valence-electron chi connectivity index (χ2n) is 7.91. The number of hydrogen-bond acceptors (Lipinski definition) is 3. The van der Waals surface area contributed by atoms with Crippen molar-refractivity contribution in [2.45, 2.75) is 0 Å². The molecule has 0 heterocycles. The van der Waals surface area contributed by atoms with Gasteiger partial charge in [-0.25, -0.2) is 4.79 Å². The molecule has 3 heteroatoms. The van der Waals surface area contributed by atoms with Gasteiger partial charge in [-0.2, -0.15) is 0 Å². The first-order valence-electron chi connectivity index (χ1n) is 11.1. The molecule has 0 fully saturated rings. The van der Waals surface area contributed by atoms with Gasteiger partial charge < -0.3 is 9.84 Å². The molecule has 0 radical (unpaired) electrons. The van der Waals surface area contributed by atoms with Crippen LogP contribution in [0.4, 0.5) is 0 Å². The molecular weight excluding hydrogens is 420 g/mol. The third kappa shape index (κ3) is 4.32. The molecular formula is C31H22O3. The van der Waals surface area contributed by atoms with Gasteiger partial charge in [0.15, 0.2) is 0 Å². The molecule has 0 saturated heterocycles. The molecule has 0 aliphatic carbocycles. The van der Waals surface area contributed by atoms with E-state index in [1.54, 1.807) is 18.2 Å². The number of carbonyl (C=O) groups excluding carboxylic acids is 1. The molecule has 0 saturated carbocycles. The van der Waals surface area contributed by atoms with Crippen LogP contribution >= 0.6 is 0 Å². The lowest BCUT2D eigenvalue weighted by Crippen LogP contribution is -2.10. The number of para-hydroxylation sites is 1. The summed E-state index contributed by atoms with van der Waals surface area (Å²) < 4.78 is 6.04. The number of ether oxygens (including phenoxy) is 1. The number of carbonyl (C=O) groups is 1. The van der Waals surface area contributed by atoms with Crippen molar-refractivity contribution in [3.63, 3.8) is 0 Å². The van der Waals surface area contributed by atoms with E-state index in [-0.39, 0.29) is 11.3 Å². The second kappa shape index (κ2) is 9.47. The minimum atomic E-state index is -0.611. The standard InChI is InChI=1S/C31H22O3/c32-29-19-11-10-18-26(29)31(33)34-30-27(23-14-6-2-7-15-23)20-25(22-12-4-1-5-13-22)21-28(30)24-16-8-3-9-17-24/h1-21,32H. The van der Waals surface area contributed by atoms with Gasteiger partial charge in [0, 0.05) is 11.1 Å². The third-order valence-electron chi connectivity index (χ3n) is 5.68. The lowest BCUT2D eigenvalue weighted by molar-refractivity contribution is 0.0733. The van der Waals surface area contributed by atoms with Gasteiger partial charge in [0.1, 0.15) is 17.1 Å². The number of phenols is 1. The number of phenolic OH excluding ortho intramolecular Hbond substituents is 1. The Kier molecular flexibility index (Phi) is 5.91. The summed E-state index contributed by atoms with van der Waals surface area (Å²) in [7, 11) is 0. The normalized spacial score (nSPS) is 10.6. The van der Waals surface area contributed by atoms with Gasteiger partial charge in [0.2, 0.25) is 0 Å². The number of esters is 1. The van der Waals surface area contributed by atoms with E-state index in [1.807, 2.05) is 91.0 Å². The highest BCUT2D eigenvalue weighted by atomic mass is 16.5. The van der Waals surface area contributed by atoms with Crippen LogP contribution in [0.3, 0.4) is 0 Å². The van der Waals surface area contributed by atoms with E-state index in [9.17, 15) is 9.90 Å². The van der Waals surface area contributed by atoms with E-state index < -0.39 is 5.97 Å². The number of rotatable bonds is 5. The summed E-state index contributed by atoms with van der Waals surface area (Å²) in [5, 5.41) is 10.2. The highest BCUT2D eigenvalue weighted by Crippen LogP contribution is 2.43. The molecule has 0 atom stereocenters. The highest BCUT2D eigenvalue weighted by molar-refractivity contribution is 5.97. The summed E-state index contributed by atoms with van der Waals surface area (Å²) in [6.45, 7) is 0. The molecule has 164 valence electrons. The lowest BCUT2D eigenvalue weighted by atomic mass is 9.92. The second-order valence-corrected chi connectivity index (χ2v) is 7.91. The maximum atomic E-state index is 13.2. The summed E-state index contributed by atoms with van der Waals surface area (Å²) in [5.41, 5.74) is 5.65. The maximum absolute atomic E-state index is 13.2. The molecule has 34 heavy (non-hydrogen) atoms. The fourth-order valence-electron chi connectivity index (χ4n) is 3.99. The first kappa shape index (κ1) is 21.2. The summed E-state index contributed by atoms with van der Waals surface area (Å²) in [4.78, 5) is 13.2. The smallest absolute Gasteiger partial charge is 0.347 e. The molecule has 0 unspecified atom stereocenters. The fourth-order valence-corrected chi connectivity index (χ4v) is 3.99. The van der Waals surface area contributed by atoms with Crippen molar-refractivity contribution in [3.05, 3.63) is 133 Å². The first-order valence-corrected chi connectivity index (χ1v) is 11.1. The molecule has 1 N–H and O–H groups in total. The van der Waals surface area contributed by atoms with Gasteiger partial charge in [0.25, 0.3) is 0 Å². The van der Waals surface area contributed by atoms with Crippen molar-refractivity contribution in [3.8, 4) is 44.9 Å². The van der Waals surface area contributed by atoms with Crippen molar-refractivity contribution in [1.29, 1.82) is 0 Å². The highest BCUT2D eigenvalue weighted by Gasteiger charge is 2.21. The van der Waals surface area contributed by atoms with Gasteiger partial charge in [-0.3, -0.25) is 0 Å². The van der Waals surface area contributed by atoms with E-state index in [0.29, 0.717) is 5.75 Å². The van der Waals surface area contributed by atoms with Gasteiger partial charge in [0.05, 0.1) is 0 Å². The molecule has 3 nitrogen and oxygen atoms in total. The number of aromatic hydroxyl groups is 1. The van der Waals surface area contributed by atoms with Gasteiger partial charge in [-0.05, 0) is 46.5 Å². The molecule has 0 aromatic heterocycles. The fraction of sp³-hybridized carbons (Fsp3) is 0. The predicted molar refractivity (Wildman–Crippen MR) is 136 cm³/mol. The van der Waals surface area contributed by atoms with Gasteiger partial charge >= 0.3 is 5.97 Å². The van der Waals surface area contributed by atoms with Crippen LogP contribution in [0.2, 0.25) is 0 Å². The average Bonchev–Trinajstić information content (AvgIpc) is 2.90. The van der Waals surface area contributed by atoms with E-state index in [0.717, 1.165) is 33.4 Å². The Labute approximate surface area is 198 Å². The minimum Gasteiger partial charge on any atom is -0.507 e. The quantitative estimate of drug-likeness (QED) is 0.225. The SMILES string of the molecule is O=C(Oc1c(-c2ccccc2)cc(-c2ccccc2)cc1-c1ccccc1)c1ccccc1O. The van der Waals surface area contributed by atoms with Crippen LogP contribution in [-0.2, 0) is 0 Å². The number of hydrogen-bond donors (Lipinski definition) is 1. The zero-order valence-electron chi connectivity index (χ0n) is 18.4. The summed E-state index contributed by atoms with van der Waals surface area (Å²) >= 11 is 0. The minimum absolute atomic E-state index is 0.115. The van der Waals surface area contributed by atoms with Crippen molar-refractivity contribution < 1.29 is 14.6 Å².